The lowest BCUT2D eigenvalue weighted by atomic mass is 9.96. The van der Waals surface area contributed by atoms with Crippen LogP contribution in [-0.2, 0) is 11.3 Å². The first-order chi connectivity index (χ1) is 12.9. The largest absolute Gasteiger partial charge is 0.350 e. The highest BCUT2D eigenvalue weighted by Crippen LogP contribution is 2.28. The summed E-state index contributed by atoms with van der Waals surface area (Å²) in [5.74, 6) is -1.25. The van der Waals surface area contributed by atoms with Gasteiger partial charge in [0.05, 0.1) is 11.1 Å². The summed E-state index contributed by atoms with van der Waals surface area (Å²) in [5.41, 5.74) is 2.84. The predicted octanol–water partition coefficient (Wildman–Crippen LogP) is 3.32. The summed E-state index contributed by atoms with van der Waals surface area (Å²) < 4.78 is 0. The monoisotopic (exact) mass is 364 g/mol. The molecule has 140 valence electrons. The highest BCUT2D eigenvalue weighted by atomic mass is 16.2. The summed E-state index contributed by atoms with van der Waals surface area (Å²) in [6, 6.07) is 13.8. The number of carbonyl (C=O) groups is 3. The summed E-state index contributed by atoms with van der Waals surface area (Å²) in [7, 11) is 0. The van der Waals surface area contributed by atoms with Crippen molar-refractivity contribution < 1.29 is 14.4 Å². The fourth-order valence-corrected chi connectivity index (χ4v) is 3.31. The molecule has 2 atom stereocenters. The van der Waals surface area contributed by atoms with E-state index in [1.54, 1.807) is 24.3 Å². The average Bonchev–Trinajstić information content (AvgIpc) is 2.93. The van der Waals surface area contributed by atoms with Crippen molar-refractivity contribution in [3.8, 4) is 0 Å². The van der Waals surface area contributed by atoms with Crippen molar-refractivity contribution in [3.63, 3.8) is 0 Å². The van der Waals surface area contributed by atoms with E-state index in [1.165, 1.54) is 0 Å². The maximum atomic E-state index is 13.0. The van der Waals surface area contributed by atoms with Crippen LogP contribution in [0.25, 0.3) is 0 Å². The molecule has 0 aliphatic carbocycles. The fourth-order valence-electron chi connectivity index (χ4n) is 3.31. The van der Waals surface area contributed by atoms with Gasteiger partial charge in [-0.1, -0.05) is 62.2 Å². The van der Waals surface area contributed by atoms with Gasteiger partial charge in [0.2, 0.25) is 5.91 Å². The molecule has 5 nitrogen and oxygen atoms in total. The smallest absolute Gasteiger partial charge is 0.262 e. The predicted molar refractivity (Wildman–Crippen MR) is 103 cm³/mol. The van der Waals surface area contributed by atoms with Crippen LogP contribution in [0.1, 0.15) is 52.1 Å². The minimum atomic E-state index is -0.826. The molecule has 3 amide bonds. The Labute approximate surface area is 159 Å². The van der Waals surface area contributed by atoms with E-state index < -0.39 is 17.9 Å². The molecular formula is C22H24N2O3. The minimum absolute atomic E-state index is 0.148. The highest BCUT2D eigenvalue weighted by Gasteiger charge is 2.44. The summed E-state index contributed by atoms with van der Waals surface area (Å²) in [5, 5.41) is 2.89. The first-order valence-corrected chi connectivity index (χ1v) is 9.24. The number of nitrogens with zero attached hydrogens (tertiary/aromatic N) is 1. The number of hydrogen-bond donors (Lipinski definition) is 1. The van der Waals surface area contributed by atoms with Gasteiger partial charge >= 0.3 is 0 Å². The van der Waals surface area contributed by atoms with Crippen molar-refractivity contribution in [3.05, 3.63) is 70.8 Å². The first kappa shape index (κ1) is 18.8. The second-order valence-corrected chi connectivity index (χ2v) is 7.06. The third kappa shape index (κ3) is 3.63. The van der Waals surface area contributed by atoms with Gasteiger partial charge in [0.15, 0.2) is 0 Å². The molecule has 0 fully saturated rings. The Balaban J connectivity index is 1.82. The third-order valence-corrected chi connectivity index (χ3v) is 5.14. The van der Waals surface area contributed by atoms with Gasteiger partial charge in [-0.15, -0.1) is 0 Å². The summed E-state index contributed by atoms with van der Waals surface area (Å²) in [6.07, 6.45) is 0.677. The summed E-state index contributed by atoms with van der Waals surface area (Å²) in [6.45, 7) is 6.20. The quantitative estimate of drug-likeness (QED) is 0.800. The zero-order valence-corrected chi connectivity index (χ0v) is 15.9. The fraction of sp³-hybridized carbons (Fsp3) is 0.318. The van der Waals surface area contributed by atoms with Crippen LogP contribution in [0.3, 0.4) is 0 Å². The van der Waals surface area contributed by atoms with Crippen LogP contribution in [0.4, 0.5) is 0 Å². The Morgan fingerprint density at radius 2 is 1.56 bits per heavy atom. The van der Waals surface area contributed by atoms with E-state index in [4.69, 9.17) is 0 Å². The molecule has 0 unspecified atom stereocenters. The normalized spacial score (nSPS) is 15.4. The second kappa shape index (κ2) is 7.74. The van der Waals surface area contributed by atoms with Crippen LogP contribution in [0, 0.1) is 12.8 Å². The number of fused-ring (bicyclic) bond motifs is 1. The number of imide groups is 1. The Kier molecular flexibility index (Phi) is 5.40. The number of hydrogen-bond acceptors (Lipinski definition) is 3. The van der Waals surface area contributed by atoms with Gasteiger partial charge in [-0.05, 0) is 30.5 Å². The van der Waals surface area contributed by atoms with Crippen LogP contribution in [0.15, 0.2) is 48.5 Å². The Morgan fingerprint density at radius 3 is 2.07 bits per heavy atom. The van der Waals surface area contributed by atoms with Gasteiger partial charge in [-0.25, -0.2) is 0 Å². The lowest BCUT2D eigenvalue weighted by molar-refractivity contribution is -0.126. The summed E-state index contributed by atoms with van der Waals surface area (Å²) >= 11 is 0. The summed E-state index contributed by atoms with van der Waals surface area (Å²) in [4.78, 5) is 39.7. The maximum Gasteiger partial charge on any atom is 0.262 e. The third-order valence-electron chi connectivity index (χ3n) is 5.14. The standard InChI is InChI=1S/C22H24N2O3/c1-4-15(3)19(20(25)23-13-16-11-9-14(2)10-12-16)24-21(26)17-7-5-6-8-18(17)22(24)27/h5-12,15,19H,4,13H2,1-3H3,(H,23,25)/t15-,19-/m0/s1. The topological polar surface area (TPSA) is 66.5 Å². The van der Waals surface area contributed by atoms with Gasteiger partial charge in [0, 0.05) is 6.54 Å². The molecular weight excluding hydrogens is 340 g/mol. The van der Waals surface area contributed by atoms with Gasteiger partial charge in [0.1, 0.15) is 6.04 Å². The number of amides is 3. The van der Waals surface area contributed by atoms with Crippen molar-refractivity contribution in [1.82, 2.24) is 10.2 Å². The molecule has 0 radical (unpaired) electrons. The number of benzene rings is 2. The molecule has 3 rings (SSSR count). The van der Waals surface area contributed by atoms with Gasteiger partial charge < -0.3 is 5.32 Å². The highest BCUT2D eigenvalue weighted by molar-refractivity contribution is 6.22. The van der Waals surface area contributed by atoms with Crippen LogP contribution in [0.2, 0.25) is 0 Å². The number of rotatable bonds is 6. The molecule has 2 aromatic carbocycles. The van der Waals surface area contributed by atoms with E-state index in [0.29, 0.717) is 24.1 Å². The maximum absolute atomic E-state index is 13.0. The number of aryl methyl sites for hydroxylation is 1. The second-order valence-electron chi connectivity index (χ2n) is 7.06. The minimum Gasteiger partial charge on any atom is -0.350 e. The van der Waals surface area contributed by atoms with Crippen LogP contribution in [0.5, 0.6) is 0 Å². The molecule has 2 aromatic rings. The SMILES string of the molecule is CC[C@H](C)[C@@H](C(=O)NCc1ccc(C)cc1)N1C(=O)c2ccccc2C1=O. The molecule has 1 aliphatic rings. The van der Waals surface area contributed by atoms with E-state index in [-0.39, 0.29) is 11.8 Å². The zero-order chi connectivity index (χ0) is 19.6. The van der Waals surface area contributed by atoms with Crippen molar-refractivity contribution >= 4 is 17.7 Å². The van der Waals surface area contributed by atoms with Gasteiger partial charge in [-0.2, -0.15) is 0 Å². The van der Waals surface area contributed by atoms with Crippen molar-refractivity contribution in [2.24, 2.45) is 5.92 Å². The molecule has 0 bridgehead atoms. The molecule has 1 aliphatic heterocycles. The van der Waals surface area contributed by atoms with Crippen molar-refractivity contribution in [2.45, 2.75) is 39.8 Å². The van der Waals surface area contributed by atoms with Gasteiger partial charge in [0.25, 0.3) is 11.8 Å². The van der Waals surface area contributed by atoms with E-state index >= 15 is 0 Å². The molecule has 5 heteroatoms. The Morgan fingerprint density at radius 1 is 1.00 bits per heavy atom. The molecule has 0 aromatic heterocycles. The van der Waals surface area contributed by atoms with Crippen LogP contribution < -0.4 is 5.32 Å². The van der Waals surface area contributed by atoms with E-state index in [2.05, 4.69) is 5.32 Å². The molecule has 0 saturated carbocycles. The van der Waals surface area contributed by atoms with E-state index in [9.17, 15) is 14.4 Å². The van der Waals surface area contributed by atoms with Gasteiger partial charge in [-0.3, -0.25) is 19.3 Å². The van der Waals surface area contributed by atoms with E-state index in [1.807, 2.05) is 45.0 Å². The number of carbonyl (C=O) groups excluding carboxylic acids is 3. The molecule has 27 heavy (non-hydrogen) atoms. The van der Waals surface area contributed by atoms with Crippen molar-refractivity contribution in [2.75, 3.05) is 0 Å². The lowest BCUT2D eigenvalue weighted by Gasteiger charge is -2.29. The van der Waals surface area contributed by atoms with E-state index in [0.717, 1.165) is 16.0 Å². The average molecular weight is 364 g/mol. The molecule has 0 spiro atoms. The first-order valence-electron chi connectivity index (χ1n) is 9.24. The van der Waals surface area contributed by atoms with Crippen LogP contribution in [-0.4, -0.2) is 28.7 Å². The van der Waals surface area contributed by atoms with Crippen LogP contribution >= 0.6 is 0 Å². The Hall–Kier alpha value is -2.95. The van der Waals surface area contributed by atoms with Crippen molar-refractivity contribution in [1.29, 1.82) is 0 Å². The molecule has 1 heterocycles. The lowest BCUT2D eigenvalue weighted by Crippen LogP contribution is -2.52. The number of nitrogens with one attached hydrogen (secondary N) is 1. The molecule has 0 saturated heterocycles. The zero-order valence-electron chi connectivity index (χ0n) is 15.9. The molecule has 1 N–H and O–H groups in total. The Bertz CT molecular complexity index is 838.